The van der Waals surface area contributed by atoms with Crippen LogP contribution in [0, 0.1) is 6.92 Å². The number of rotatable bonds is 3. The zero-order valence-corrected chi connectivity index (χ0v) is 7.91. The van der Waals surface area contributed by atoms with E-state index in [4.69, 9.17) is 5.11 Å². The highest BCUT2D eigenvalue weighted by Crippen LogP contribution is 2.24. The third-order valence-electron chi connectivity index (χ3n) is 2.09. The summed E-state index contributed by atoms with van der Waals surface area (Å²) >= 11 is 0. The molecule has 0 radical (unpaired) electrons. The molecule has 3 N–H and O–H groups in total. The number of aromatic hydroxyl groups is 1. The van der Waals surface area contributed by atoms with Gasteiger partial charge in [0.25, 0.3) is 0 Å². The molecule has 3 heteroatoms. The first kappa shape index (κ1) is 10.0. The fourth-order valence-electron chi connectivity index (χ4n) is 1.30. The van der Waals surface area contributed by atoms with Gasteiger partial charge in [0.1, 0.15) is 5.75 Å². The average Bonchev–Trinajstić information content (AvgIpc) is 2.13. The van der Waals surface area contributed by atoms with E-state index in [0.29, 0.717) is 0 Å². The van der Waals surface area contributed by atoms with E-state index in [9.17, 15) is 5.11 Å². The van der Waals surface area contributed by atoms with Crippen LogP contribution in [0.5, 0.6) is 5.75 Å². The number of hydrogen-bond donors (Lipinski definition) is 3. The highest BCUT2D eigenvalue weighted by Gasteiger charge is 2.11. The Hall–Kier alpha value is -1.06. The van der Waals surface area contributed by atoms with Gasteiger partial charge in [-0.1, -0.05) is 17.7 Å². The fraction of sp³-hybridized carbons (Fsp3) is 0.400. The van der Waals surface area contributed by atoms with Gasteiger partial charge in [-0.15, -0.1) is 0 Å². The molecule has 0 unspecified atom stereocenters. The molecule has 0 bridgehead atoms. The van der Waals surface area contributed by atoms with Crippen LogP contribution in [0.4, 0.5) is 0 Å². The van der Waals surface area contributed by atoms with Crippen LogP contribution < -0.4 is 5.32 Å². The summed E-state index contributed by atoms with van der Waals surface area (Å²) in [5.74, 6) is 0.221. The number of benzene rings is 1. The monoisotopic (exact) mass is 181 g/mol. The molecule has 1 rings (SSSR count). The quantitative estimate of drug-likeness (QED) is 0.651. The van der Waals surface area contributed by atoms with Gasteiger partial charge in [0.2, 0.25) is 0 Å². The number of aliphatic hydroxyl groups is 1. The number of aryl methyl sites for hydroxylation is 1. The van der Waals surface area contributed by atoms with Crippen molar-refractivity contribution in [2.45, 2.75) is 13.0 Å². The van der Waals surface area contributed by atoms with E-state index in [1.807, 2.05) is 19.1 Å². The molecule has 0 amide bonds. The second kappa shape index (κ2) is 4.25. The van der Waals surface area contributed by atoms with Crippen LogP contribution in [0.25, 0.3) is 0 Å². The van der Waals surface area contributed by atoms with E-state index in [1.54, 1.807) is 13.1 Å². The van der Waals surface area contributed by atoms with Gasteiger partial charge in [-0.05, 0) is 20.0 Å². The Labute approximate surface area is 78.0 Å². The molecule has 0 aliphatic heterocycles. The van der Waals surface area contributed by atoms with Crippen LogP contribution in [-0.4, -0.2) is 23.9 Å². The Kier molecular flexibility index (Phi) is 3.28. The molecule has 3 nitrogen and oxygen atoms in total. The SMILES string of the molecule is CN[C@@H](CO)c1cc(C)ccc1O. The van der Waals surface area contributed by atoms with Gasteiger partial charge in [0.15, 0.2) is 0 Å². The van der Waals surface area contributed by atoms with Crippen molar-refractivity contribution in [1.29, 1.82) is 0 Å². The summed E-state index contributed by atoms with van der Waals surface area (Å²) in [6.45, 7) is 1.93. The van der Waals surface area contributed by atoms with E-state index in [2.05, 4.69) is 5.32 Å². The molecule has 0 aliphatic rings. The fourth-order valence-corrected chi connectivity index (χ4v) is 1.30. The highest BCUT2D eigenvalue weighted by atomic mass is 16.3. The van der Waals surface area contributed by atoms with Crippen LogP contribution in [0.1, 0.15) is 17.2 Å². The Morgan fingerprint density at radius 2 is 2.15 bits per heavy atom. The third kappa shape index (κ3) is 2.20. The second-order valence-corrected chi connectivity index (χ2v) is 3.09. The van der Waals surface area contributed by atoms with Crippen LogP contribution in [0.3, 0.4) is 0 Å². The van der Waals surface area contributed by atoms with Crippen molar-refractivity contribution in [1.82, 2.24) is 5.32 Å². The lowest BCUT2D eigenvalue weighted by molar-refractivity contribution is 0.248. The van der Waals surface area contributed by atoms with Gasteiger partial charge in [0.05, 0.1) is 12.6 Å². The lowest BCUT2D eigenvalue weighted by atomic mass is 10.0. The molecule has 1 aromatic carbocycles. The van der Waals surface area contributed by atoms with E-state index in [0.717, 1.165) is 11.1 Å². The second-order valence-electron chi connectivity index (χ2n) is 3.09. The van der Waals surface area contributed by atoms with Gasteiger partial charge in [0, 0.05) is 5.56 Å². The summed E-state index contributed by atoms with van der Waals surface area (Å²) in [4.78, 5) is 0. The van der Waals surface area contributed by atoms with Gasteiger partial charge < -0.3 is 15.5 Å². The molecule has 0 saturated heterocycles. The van der Waals surface area contributed by atoms with Gasteiger partial charge in [-0.2, -0.15) is 0 Å². The molecule has 13 heavy (non-hydrogen) atoms. The molecule has 0 heterocycles. The van der Waals surface area contributed by atoms with Crippen LogP contribution in [-0.2, 0) is 0 Å². The summed E-state index contributed by atoms with van der Waals surface area (Å²) in [6, 6.07) is 5.15. The van der Waals surface area contributed by atoms with Gasteiger partial charge in [-0.3, -0.25) is 0 Å². The first-order chi connectivity index (χ1) is 6.19. The van der Waals surface area contributed by atoms with Crippen molar-refractivity contribution < 1.29 is 10.2 Å². The topological polar surface area (TPSA) is 52.5 Å². The molecule has 0 aliphatic carbocycles. The standard InChI is InChI=1S/C10H15NO2/c1-7-3-4-10(13)8(5-7)9(6-12)11-2/h3-5,9,11-13H,6H2,1-2H3/t9-/m0/s1. The summed E-state index contributed by atoms with van der Waals surface area (Å²) in [6.07, 6.45) is 0. The van der Waals surface area contributed by atoms with Crippen molar-refractivity contribution in [3.8, 4) is 5.75 Å². The van der Waals surface area contributed by atoms with Crippen LogP contribution >= 0.6 is 0 Å². The Bertz CT molecular complexity index is 282. The minimum atomic E-state index is -0.195. The van der Waals surface area contributed by atoms with Gasteiger partial charge >= 0.3 is 0 Å². The predicted molar refractivity (Wildman–Crippen MR) is 51.7 cm³/mol. The molecule has 1 aromatic rings. The number of likely N-dealkylation sites (N-methyl/N-ethyl adjacent to an activating group) is 1. The van der Waals surface area contributed by atoms with Crippen LogP contribution in [0.15, 0.2) is 18.2 Å². The first-order valence-corrected chi connectivity index (χ1v) is 4.26. The molecular formula is C10H15NO2. The van der Waals surface area contributed by atoms with E-state index < -0.39 is 0 Å². The summed E-state index contributed by atoms with van der Waals surface area (Å²) in [7, 11) is 1.75. The zero-order valence-electron chi connectivity index (χ0n) is 7.91. The molecular weight excluding hydrogens is 166 g/mol. The highest BCUT2D eigenvalue weighted by molar-refractivity contribution is 5.38. The van der Waals surface area contributed by atoms with Crippen molar-refractivity contribution in [3.63, 3.8) is 0 Å². The maximum absolute atomic E-state index is 9.52. The molecule has 0 fully saturated rings. The number of aliphatic hydroxyl groups excluding tert-OH is 1. The average molecular weight is 181 g/mol. The number of phenols is 1. The van der Waals surface area contributed by atoms with Crippen molar-refractivity contribution >= 4 is 0 Å². The predicted octanol–water partition coefficient (Wildman–Crippen LogP) is 0.953. The van der Waals surface area contributed by atoms with E-state index in [1.165, 1.54) is 0 Å². The summed E-state index contributed by atoms with van der Waals surface area (Å²) in [5.41, 5.74) is 1.81. The normalized spacial score (nSPS) is 12.8. The largest absolute Gasteiger partial charge is 0.508 e. The maximum Gasteiger partial charge on any atom is 0.120 e. The smallest absolute Gasteiger partial charge is 0.120 e. The van der Waals surface area contributed by atoms with Crippen molar-refractivity contribution in [2.24, 2.45) is 0 Å². The molecule has 0 aromatic heterocycles. The molecule has 0 spiro atoms. The third-order valence-corrected chi connectivity index (χ3v) is 2.09. The molecule has 1 atom stereocenters. The summed E-state index contributed by atoms with van der Waals surface area (Å²) in [5, 5.41) is 21.5. The van der Waals surface area contributed by atoms with Gasteiger partial charge in [-0.25, -0.2) is 0 Å². The van der Waals surface area contributed by atoms with Crippen molar-refractivity contribution in [3.05, 3.63) is 29.3 Å². The maximum atomic E-state index is 9.52. The number of nitrogens with one attached hydrogen (secondary N) is 1. The van der Waals surface area contributed by atoms with Crippen molar-refractivity contribution in [2.75, 3.05) is 13.7 Å². The summed E-state index contributed by atoms with van der Waals surface area (Å²) < 4.78 is 0. The number of phenolic OH excluding ortho intramolecular Hbond substituents is 1. The lowest BCUT2D eigenvalue weighted by Crippen LogP contribution is -2.20. The Balaban J connectivity index is 3.03. The van der Waals surface area contributed by atoms with E-state index >= 15 is 0 Å². The minimum Gasteiger partial charge on any atom is -0.508 e. The zero-order chi connectivity index (χ0) is 9.84. The van der Waals surface area contributed by atoms with Crippen LogP contribution in [0.2, 0.25) is 0 Å². The first-order valence-electron chi connectivity index (χ1n) is 4.26. The minimum absolute atomic E-state index is 0.0203. The Morgan fingerprint density at radius 3 is 2.69 bits per heavy atom. The lowest BCUT2D eigenvalue weighted by Gasteiger charge is -2.15. The molecule has 0 saturated carbocycles. The van der Waals surface area contributed by atoms with E-state index in [-0.39, 0.29) is 18.4 Å². The molecule has 72 valence electrons. The number of hydrogen-bond acceptors (Lipinski definition) is 3. The Morgan fingerprint density at radius 1 is 1.46 bits per heavy atom.